The van der Waals surface area contributed by atoms with Crippen LogP contribution in [0.5, 0.6) is 0 Å². The number of rotatable bonds is 4. The molecule has 3 nitrogen and oxygen atoms in total. The van der Waals surface area contributed by atoms with Crippen molar-refractivity contribution in [2.45, 2.75) is 12.6 Å². The van der Waals surface area contributed by atoms with Gasteiger partial charge in [-0.3, -0.25) is 0 Å². The van der Waals surface area contributed by atoms with Crippen molar-refractivity contribution in [2.75, 3.05) is 5.33 Å². The Labute approximate surface area is 103 Å². The molecule has 0 aliphatic carbocycles. The van der Waals surface area contributed by atoms with Crippen molar-refractivity contribution < 1.29 is 5.11 Å². The Kier molecular flexibility index (Phi) is 3.74. The van der Waals surface area contributed by atoms with Crippen molar-refractivity contribution in [3.8, 4) is 11.4 Å². The summed E-state index contributed by atoms with van der Waals surface area (Å²) in [5.41, 5.74) is 1.06. The van der Waals surface area contributed by atoms with Gasteiger partial charge in [-0.1, -0.05) is 46.3 Å². The van der Waals surface area contributed by atoms with Gasteiger partial charge in [0, 0.05) is 23.3 Å². The zero-order valence-electron chi connectivity index (χ0n) is 8.75. The van der Waals surface area contributed by atoms with Crippen LogP contribution >= 0.6 is 15.9 Å². The van der Waals surface area contributed by atoms with Crippen molar-refractivity contribution in [2.24, 2.45) is 0 Å². The summed E-state index contributed by atoms with van der Waals surface area (Å²) in [5, 5.41) is 10.2. The summed E-state index contributed by atoms with van der Waals surface area (Å²) >= 11 is 3.26. The van der Waals surface area contributed by atoms with Crippen LogP contribution in [0, 0.1) is 0 Å². The highest BCUT2D eigenvalue weighted by Crippen LogP contribution is 2.17. The molecule has 1 heterocycles. The van der Waals surface area contributed by atoms with E-state index in [4.69, 9.17) is 0 Å². The Morgan fingerprint density at radius 1 is 1.31 bits per heavy atom. The van der Waals surface area contributed by atoms with Crippen molar-refractivity contribution in [1.82, 2.24) is 9.55 Å². The van der Waals surface area contributed by atoms with E-state index in [2.05, 4.69) is 20.9 Å². The lowest BCUT2D eigenvalue weighted by molar-refractivity contribution is 0.180. The first kappa shape index (κ1) is 11.4. The fourth-order valence-electron chi connectivity index (χ4n) is 1.58. The van der Waals surface area contributed by atoms with Crippen LogP contribution in [0.2, 0.25) is 0 Å². The molecule has 1 atom stereocenters. The first-order chi connectivity index (χ1) is 7.81. The summed E-state index contributed by atoms with van der Waals surface area (Å²) in [4.78, 5) is 4.31. The number of nitrogens with zero attached hydrogens (tertiary/aromatic N) is 2. The number of aliphatic hydroxyl groups excluding tert-OH is 1. The normalized spacial score (nSPS) is 12.6. The van der Waals surface area contributed by atoms with Crippen LogP contribution in [0.4, 0.5) is 0 Å². The molecule has 0 bridgehead atoms. The molecular formula is C12H13BrN2O. The topological polar surface area (TPSA) is 38.0 Å². The first-order valence-corrected chi connectivity index (χ1v) is 6.24. The third-order valence-electron chi connectivity index (χ3n) is 2.33. The van der Waals surface area contributed by atoms with Gasteiger partial charge >= 0.3 is 0 Å². The Balaban J connectivity index is 2.26. The highest BCUT2D eigenvalue weighted by Gasteiger charge is 2.08. The molecule has 1 N–H and O–H groups in total. The van der Waals surface area contributed by atoms with Crippen molar-refractivity contribution in [3.05, 3.63) is 42.7 Å². The maximum Gasteiger partial charge on any atom is 0.139 e. The molecule has 1 aromatic carbocycles. The van der Waals surface area contributed by atoms with Crippen LogP contribution in [-0.2, 0) is 6.54 Å². The summed E-state index contributed by atoms with van der Waals surface area (Å²) < 4.78 is 1.96. The SMILES string of the molecule is OC(CBr)Cn1ccnc1-c1ccccc1. The maximum atomic E-state index is 9.61. The summed E-state index contributed by atoms with van der Waals surface area (Å²) in [6, 6.07) is 9.97. The molecule has 0 aliphatic heterocycles. The van der Waals surface area contributed by atoms with Gasteiger partial charge in [-0.15, -0.1) is 0 Å². The van der Waals surface area contributed by atoms with Crippen molar-refractivity contribution in [1.29, 1.82) is 0 Å². The Morgan fingerprint density at radius 3 is 2.75 bits per heavy atom. The van der Waals surface area contributed by atoms with E-state index >= 15 is 0 Å². The third-order valence-corrected chi connectivity index (χ3v) is 3.08. The van der Waals surface area contributed by atoms with E-state index in [9.17, 15) is 5.11 Å². The quantitative estimate of drug-likeness (QED) is 0.873. The molecule has 2 aromatic rings. The van der Waals surface area contributed by atoms with Gasteiger partial charge < -0.3 is 9.67 Å². The molecule has 0 amide bonds. The number of hydrogen-bond donors (Lipinski definition) is 1. The number of imidazole rings is 1. The molecule has 2 rings (SSSR count). The van der Waals surface area contributed by atoms with Crippen LogP contribution in [0.25, 0.3) is 11.4 Å². The highest BCUT2D eigenvalue weighted by molar-refractivity contribution is 9.09. The van der Waals surface area contributed by atoms with E-state index in [0.29, 0.717) is 11.9 Å². The minimum Gasteiger partial charge on any atom is -0.390 e. The van der Waals surface area contributed by atoms with Gasteiger partial charge in [-0.2, -0.15) is 0 Å². The lowest BCUT2D eigenvalue weighted by Crippen LogP contribution is -2.17. The molecule has 84 valence electrons. The molecule has 0 saturated heterocycles. The average Bonchev–Trinajstić information content (AvgIpc) is 2.78. The number of aromatic nitrogens is 2. The Morgan fingerprint density at radius 2 is 2.06 bits per heavy atom. The van der Waals surface area contributed by atoms with Crippen LogP contribution in [0.1, 0.15) is 0 Å². The Bertz CT molecular complexity index is 441. The first-order valence-electron chi connectivity index (χ1n) is 5.12. The van der Waals surface area contributed by atoms with Crippen molar-refractivity contribution in [3.63, 3.8) is 0 Å². The van der Waals surface area contributed by atoms with Crippen LogP contribution in [0.15, 0.2) is 42.7 Å². The number of halogens is 1. The lowest BCUT2D eigenvalue weighted by Gasteiger charge is -2.11. The van der Waals surface area contributed by atoms with Crippen LogP contribution in [0.3, 0.4) is 0 Å². The van der Waals surface area contributed by atoms with E-state index in [1.165, 1.54) is 0 Å². The second kappa shape index (κ2) is 5.27. The standard InChI is InChI=1S/C12H13BrN2O/c13-8-11(16)9-15-7-6-14-12(15)10-4-2-1-3-5-10/h1-7,11,16H,8-9H2. The van der Waals surface area contributed by atoms with Gasteiger partial charge in [0.2, 0.25) is 0 Å². The summed E-state index contributed by atoms with van der Waals surface area (Å²) in [7, 11) is 0. The van der Waals surface area contributed by atoms with Crippen LogP contribution in [-0.4, -0.2) is 26.1 Å². The summed E-state index contributed by atoms with van der Waals surface area (Å²) in [5.74, 6) is 0.889. The minimum absolute atomic E-state index is 0.392. The van der Waals surface area contributed by atoms with Crippen molar-refractivity contribution >= 4 is 15.9 Å². The molecule has 0 saturated carbocycles. The lowest BCUT2D eigenvalue weighted by atomic mass is 10.2. The molecular weight excluding hydrogens is 268 g/mol. The summed E-state index contributed by atoms with van der Waals surface area (Å²) in [6.45, 7) is 0.551. The smallest absolute Gasteiger partial charge is 0.139 e. The molecule has 0 radical (unpaired) electrons. The maximum absolute atomic E-state index is 9.61. The van der Waals surface area contributed by atoms with Gasteiger partial charge in [0.15, 0.2) is 0 Å². The van der Waals surface area contributed by atoms with Gasteiger partial charge in [-0.25, -0.2) is 4.98 Å². The zero-order chi connectivity index (χ0) is 11.4. The van der Waals surface area contributed by atoms with E-state index in [-0.39, 0.29) is 0 Å². The number of aliphatic hydroxyl groups is 1. The van der Waals surface area contributed by atoms with E-state index in [0.717, 1.165) is 11.4 Å². The van der Waals surface area contributed by atoms with Gasteiger partial charge in [0.05, 0.1) is 12.6 Å². The molecule has 0 spiro atoms. The molecule has 0 fully saturated rings. The van der Waals surface area contributed by atoms with E-state index < -0.39 is 6.10 Å². The molecule has 1 unspecified atom stereocenters. The number of benzene rings is 1. The fraction of sp³-hybridized carbons (Fsp3) is 0.250. The van der Waals surface area contributed by atoms with E-state index in [1.807, 2.05) is 41.1 Å². The average molecular weight is 281 g/mol. The second-order valence-corrected chi connectivity index (χ2v) is 4.22. The minimum atomic E-state index is -0.392. The number of hydrogen-bond acceptors (Lipinski definition) is 2. The van der Waals surface area contributed by atoms with Gasteiger partial charge in [0.1, 0.15) is 5.82 Å². The molecule has 4 heteroatoms. The van der Waals surface area contributed by atoms with E-state index in [1.54, 1.807) is 6.20 Å². The van der Waals surface area contributed by atoms with Crippen LogP contribution < -0.4 is 0 Å². The molecule has 16 heavy (non-hydrogen) atoms. The molecule has 1 aromatic heterocycles. The predicted octanol–water partition coefficient (Wildman–Crippen LogP) is 2.31. The fourth-order valence-corrected chi connectivity index (χ4v) is 1.78. The number of alkyl halides is 1. The third kappa shape index (κ3) is 2.51. The van der Waals surface area contributed by atoms with Gasteiger partial charge in [-0.05, 0) is 0 Å². The predicted molar refractivity (Wildman–Crippen MR) is 67.5 cm³/mol. The largest absolute Gasteiger partial charge is 0.390 e. The highest BCUT2D eigenvalue weighted by atomic mass is 79.9. The molecule has 0 aliphatic rings. The Hall–Kier alpha value is -1.13. The monoisotopic (exact) mass is 280 g/mol. The second-order valence-electron chi connectivity index (χ2n) is 3.58. The summed E-state index contributed by atoms with van der Waals surface area (Å²) in [6.07, 6.45) is 3.24. The zero-order valence-corrected chi connectivity index (χ0v) is 10.3. The van der Waals surface area contributed by atoms with Gasteiger partial charge in [0.25, 0.3) is 0 Å².